The van der Waals surface area contributed by atoms with Gasteiger partial charge in [-0.1, -0.05) is 62.6 Å². The van der Waals surface area contributed by atoms with Crippen molar-refractivity contribution in [1.29, 1.82) is 0 Å². The van der Waals surface area contributed by atoms with Crippen LogP contribution in [0.1, 0.15) is 41.0 Å². The second kappa shape index (κ2) is 9.47. The molecule has 0 fully saturated rings. The van der Waals surface area contributed by atoms with Gasteiger partial charge in [0.25, 0.3) is 0 Å². The molecule has 0 atom stereocenters. The van der Waals surface area contributed by atoms with Crippen LogP contribution in [0.25, 0.3) is 21.5 Å². The second-order valence-electron chi connectivity index (χ2n) is 7.78. The van der Waals surface area contributed by atoms with Crippen molar-refractivity contribution in [3.8, 4) is 0 Å². The van der Waals surface area contributed by atoms with Gasteiger partial charge in [0, 0.05) is 0 Å². The molecule has 0 heterocycles. The van der Waals surface area contributed by atoms with E-state index in [0.29, 0.717) is 5.41 Å². The maximum absolute atomic E-state index is 3.16. The normalized spacial score (nSPS) is 13.0. The molecule has 0 nitrogen and oxygen atoms in total. The maximum atomic E-state index is 3.16. The van der Waals surface area contributed by atoms with Crippen LogP contribution < -0.4 is 0 Å². The van der Waals surface area contributed by atoms with E-state index in [-0.39, 0.29) is 0 Å². The first kappa shape index (κ1) is 20.9. The Morgan fingerprint density at radius 3 is 1.73 bits per heavy atom. The minimum Gasteiger partial charge on any atom is -0.126 e. The monoisotopic (exact) mass is 418 g/mol. The summed E-state index contributed by atoms with van der Waals surface area (Å²) in [6, 6.07) is 19.3. The molecular weight excluding hydrogens is 391 g/mol. The van der Waals surface area contributed by atoms with Gasteiger partial charge in [0.15, 0.2) is 0 Å². The van der Waals surface area contributed by atoms with E-state index in [1.165, 1.54) is 30.3 Å². The van der Waals surface area contributed by atoms with Gasteiger partial charge in [-0.25, -0.2) is 6.08 Å². The van der Waals surface area contributed by atoms with Crippen molar-refractivity contribution in [3.63, 3.8) is 0 Å². The van der Waals surface area contributed by atoms with Crippen LogP contribution in [0.5, 0.6) is 0 Å². The number of fused-ring (bicyclic) bond motifs is 3. The predicted octanol–water partition coefficient (Wildman–Crippen LogP) is 7.18. The van der Waals surface area contributed by atoms with Gasteiger partial charge in [-0.3, -0.25) is 6.08 Å². The van der Waals surface area contributed by atoms with Crippen molar-refractivity contribution in [2.75, 3.05) is 0 Å². The van der Waals surface area contributed by atoms with E-state index >= 15 is 0 Å². The minimum atomic E-state index is 0.323. The number of hydrogen-bond acceptors (Lipinski definition) is 0. The van der Waals surface area contributed by atoms with Crippen molar-refractivity contribution >= 4 is 24.8 Å². The molecule has 4 rings (SSSR count). The molecular formula is C25H28Zr. The molecule has 1 aliphatic carbocycles. The number of allylic oxidation sites excluding steroid dienone is 4. The quantitative estimate of drug-likeness (QED) is 0.339. The van der Waals surface area contributed by atoms with Crippen molar-refractivity contribution in [2.45, 2.75) is 41.0 Å². The fourth-order valence-corrected chi connectivity index (χ4v) is 2.82. The van der Waals surface area contributed by atoms with E-state index in [9.17, 15) is 0 Å². The van der Waals surface area contributed by atoms with E-state index in [1.54, 1.807) is 24.2 Å². The average molecular weight is 420 g/mol. The third-order valence-corrected chi connectivity index (χ3v) is 4.09. The summed E-state index contributed by atoms with van der Waals surface area (Å²) >= 11 is 1.55. The molecule has 3 aromatic carbocycles. The summed E-state index contributed by atoms with van der Waals surface area (Å²) in [5.41, 5.74) is 1.74. The van der Waals surface area contributed by atoms with Gasteiger partial charge >= 0.3 is 41.3 Å². The third kappa shape index (κ3) is 6.06. The van der Waals surface area contributed by atoms with E-state index in [1.807, 2.05) is 0 Å². The number of rotatable bonds is 0. The van der Waals surface area contributed by atoms with Crippen LogP contribution in [0.3, 0.4) is 0 Å². The molecule has 3 aromatic rings. The van der Waals surface area contributed by atoms with Crippen molar-refractivity contribution < 1.29 is 24.2 Å². The number of hydrogen-bond donors (Lipinski definition) is 0. The molecule has 0 saturated carbocycles. The van der Waals surface area contributed by atoms with Crippen LogP contribution in [0.15, 0.2) is 72.3 Å². The van der Waals surface area contributed by atoms with Crippen LogP contribution in [0.2, 0.25) is 0 Å². The molecule has 0 radical (unpaired) electrons. The average Bonchev–Trinajstić information content (AvgIpc) is 3.22. The van der Waals surface area contributed by atoms with Gasteiger partial charge in [0.2, 0.25) is 0 Å². The summed E-state index contributed by atoms with van der Waals surface area (Å²) in [6.45, 7) is 10.9. The smallest absolute Gasteiger partial charge is 0.0771 e. The summed E-state index contributed by atoms with van der Waals surface area (Å²) in [6.07, 6.45) is 8.50. The molecule has 0 bridgehead atoms. The van der Waals surface area contributed by atoms with E-state index < -0.39 is 0 Å². The molecule has 0 N–H and O–H groups in total. The Hall–Kier alpha value is -1.46. The Balaban J connectivity index is 0.000000164. The predicted molar refractivity (Wildman–Crippen MR) is 113 cm³/mol. The van der Waals surface area contributed by atoms with Crippen LogP contribution in [-0.4, -0.2) is 3.21 Å². The molecule has 0 aliphatic heterocycles. The molecule has 26 heavy (non-hydrogen) atoms. The van der Waals surface area contributed by atoms with Crippen LogP contribution in [0, 0.1) is 11.5 Å². The zero-order chi connectivity index (χ0) is 19.2. The van der Waals surface area contributed by atoms with E-state index in [2.05, 4.69) is 107 Å². The van der Waals surface area contributed by atoms with Crippen LogP contribution in [0.4, 0.5) is 0 Å². The Bertz CT molecular complexity index is 875. The Labute approximate surface area is 173 Å². The maximum Gasteiger partial charge on any atom is -0.0771 e. The van der Waals surface area contributed by atoms with E-state index in [0.717, 1.165) is 6.42 Å². The zero-order valence-corrected chi connectivity index (χ0v) is 19.0. The van der Waals surface area contributed by atoms with Gasteiger partial charge in [0.05, 0.1) is 0 Å². The molecule has 1 heteroatoms. The first-order chi connectivity index (χ1) is 12.3. The van der Waals surface area contributed by atoms with Crippen molar-refractivity contribution in [1.82, 2.24) is 0 Å². The van der Waals surface area contributed by atoms with E-state index in [4.69, 9.17) is 0 Å². The molecule has 0 unspecified atom stereocenters. The fraction of sp³-hybridized carbons (Fsp3) is 0.280. The Kier molecular flexibility index (Phi) is 7.59. The first-order valence-corrected chi connectivity index (χ1v) is 10.3. The van der Waals surface area contributed by atoms with Gasteiger partial charge < -0.3 is 0 Å². The van der Waals surface area contributed by atoms with Gasteiger partial charge in [-0.15, -0.1) is 46.2 Å². The standard InChI is InChI=1S/C13H9.C9H13.C3H6.Zr/c1-3-7-12-10(5-1)9-11-6-2-4-8-13(11)12;1-9(2,3)8-6-4-5-7-8;1-3-2;/h1-9H;6-7H,4H2,1-3H3;1-2H3;/q2*-1;;+2. The summed E-state index contributed by atoms with van der Waals surface area (Å²) in [4.78, 5) is 0. The summed E-state index contributed by atoms with van der Waals surface area (Å²) in [7, 11) is 0. The third-order valence-electron chi connectivity index (χ3n) is 4.09. The summed E-state index contributed by atoms with van der Waals surface area (Å²) in [5.74, 6) is 0. The zero-order valence-electron chi connectivity index (χ0n) is 16.6. The van der Waals surface area contributed by atoms with Crippen LogP contribution in [-0.2, 0) is 24.2 Å². The first-order valence-electron chi connectivity index (χ1n) is 9.11. The molecule has 132 valence electrons. The number of benzene rings is 2. The van der Waals surface area contributed by atoms with Gasteiger partial charge in [-0.05, 0) is 0 Å². The van der Waals surface area contributed by atoms with Gasteiger partial charge in [0.1, 0.15) is 0 Å². The largest absolute Gasteiger partial charge is 0.126 e. The summed E-state index contributed by atoms with van der Waals surface area (Å²) < 4.78 is 1.51. The molecule has 0 amide bonds. The Morgan fingerprint density at radius 1 is 0.923 bits per heavy atom. The SMILES string of the molecule is CC(C)(C)C1=CC[C-]=C1.C[C](C)=[Zr+2].c1ccc2c(c1)[cH-]c1ccccc12. The summed E-state index contributed by atoms with van der Waals surface area (Å²) in [5, 5.41) is 5.39. The topological polar surface area (TPSA) is 0 Å². The van der Waals surface area contributed by atoms with Crippen molar-refractivity contribution in [3.05, 3.63) is 78.4 Å². The molecule has 0 spiro atoms. The minimum absolute atomic E-state index is 0.323. The molecule has 0 saturated heterocycles. The van der Waals surface area contributed by atoms with Gasteiger partial charge in [-0.2, -0.15) is 11.6 Å². The molecule has 0 aromatic heterocycles. The Morgan fingerprint density at radius 2 is 1.38 bits per heavy atom. The fourth-order valence-electron chi connectivity index (χ4n) is 2.82. The molecule has 1 aliphatic rings. The van der Waals surface area contributed by atoms with Crippen molar-refractivity contribution in [2.24, 2.45) is 5.41 Å². The van der Waals surface area contributed by atoms with Crippen LogP contribution >= 0.6 is 0 Å². The second-order valence-corrected chi connectivity index (χ2v) is 10.2.